The Bertz CT molecular complexity index is 706. The summed E-state index contributed by atoms with van der Waals surface area (Å²) < 4.78 is 5.66. The van der Waals surface area contributed by atoms with E-state index < -0.39 is 0 Å². The number of nitrogens with two attached hydrogens (primary N) is 1. The monoisotopic (exact) mass is 258 g/mol. The van der Waals surface area contributed by atoms with Crippen LogP contribution in [-0.4, -0.2) is 4.98 Å². The predicted octanol–water partition coefficient (Wildman–Crippen LogP) is 3.65. The number of nitrogen functional groups attached to an aromatic ring is 1. The number of nitrogens with zero attached hydrogens (tertiary/aromatic N) is 1. The average molecular weight is 259 g/mol. The molecule has 1 heterocycles. The zero-order chi connectivity index (χ0) is 12.5. The van der Waals surface area contributed by atoms with E-state index in [1.165, 1.54) is 0 Å². The van der Waals surface area contributed by atoms with Crippen molar-refractivity contribution in [3.05, 3.63) is 58.9 Å². The second-order valence-corrected chi connectivity index (χ2v) is 4.58. The number of benzene rings is 2. The first kappa shape index (κ1) is 11.1. The number of rotatable bonds is 2. The molecule has 0 spiro atoms. The van der Waals surface area contributed by atoms with E-state index in [4.69, 9.17) is 21.8 Å². The van der Waals surface area contributed by atoms with Crippen LogP contribution in [0.4, 0.5) is 5.69 Å². The predicted molar refractivity (Wildman–Crippen MR) is 72.7 cm³/mol. The van der Waals surface area contributed by atoms with Gasteiger partial charge >= 0.3 is 0 Å². The summed E-state index contributed by atoms with van der Waals surface area (Å²) in [6.45, 7) is 0. The molecule has 0 amide bonds. The van der Waals surface area contributed by atoms with Gasteiger partial charge in [0.2, 0.25) is 0 Å². The highest BCUT2D eigenvalue weighted by atomic mass is 35.5. The van der Waals surface area contributed by atoms with E-state index in [1.54, 1.807) is 6.07 Å². The van der Waals surface area contributed by atoms with Gasteiger partial charge in [-0.25, -0.2) is 4.98 Å². The van der Waals surface area contributed by atoms with Gasteiger partial charge in [-0.2, -0.15) is 0 Å². The number of halogens is 1. The topological polar surface area (TPSA) is 52.0 Å². The lowest BCUT2D eigenvalue weighted by Crippen LogP contribution is -1.87. The standard InChI is InChI=1S/C14H11ClN2O/c15-10-3-1-2-9(6-10)7-14-17-12-5-4-11(16)8-13(12)18-14/h1-6,8H,7,16H2. The minimum atomic E-state index is 0.620. The van der Waals surface area contributed by atoms with E-state index in [1.807, 2.05) is 36.4 Å². The van der Waals surface area contributed by atoms with Gasteiger partial charge in [-0.15, -0.1) is 0 Å². The van der Waals surface area contributed by atoms with Crippen molar-refractivity contribution in [3.8, 4) is 0 Å². The number of hydrogen-bond donors (Lipinski definition) is 1. The van der Waals surface area contributed by atoms with Crippen molar-refractivity contribution in [2.45, 2.75) is 6.42 Å². The zero-order valence-electron chi connectivity index (χ0n) is 9.56. The Kier molecular flexibility index (Phi) is 2.68. The van der Waals surface area contributed by atoms with Crippen LogP contribution in [0.15, 0.2) is 46.9 Å². The second kappa shape index (κ2) is 4.35. The van der Waals surface area contributed by atoms with Crippen LogP contribution < -0.4 is 5.73 Å². The van der Waals surface area contributed by atoms with Crippen LogP contribution in [0.5, 0.6) is 0 Å². The van der Waals surface area contributed by atoms with Gasteiger partial charge < -0.3 is 10.2 Å². The summed E-state index contributed by atoms with van der Waals surface area (Å²) in [5.74, 6) is 0.665. The van der Waals surface area contributed by atoms with Crippen molar-refractivity contribution in [2.75, 3.05) is 5.73 Å². The molecule has 0 aliphatic rings. The maximum absolute atomic E-state index is 5.94. The van der Waals surface area contributed by atoms with Crippen LogP contribution in [0.25, 0.3) is 11.1 Å². The first-order valence-electron chi connectivity index (χ1n) is 5.60. The molecular formula is C14H11ClN2O. The molecule has 3 nitrogen and oxygen atoms in total. The number of fused-ring (bicyclic) bond motifs is 1. The van der Waals surface area contributed by atoms with E-state index in [9.17, 15) is 0 Å². The summed E-state index contributed by atoms with van der Waals surface area (Å²) in [5, 5.41) is 0.716. The quantitative estimate of drug-likeness (QED) is 0.714. The van der Waals surface area contributed by atoms with Gasteiger partial charge in [-0.3, -0.25) is 0 Å². The number of oxazole rings is 1. The molecule has 0 bridgehead atoms. The van der Waals surface area contributed by atoms with Crippen LogP contribution in [0, 0.1) is 0 Å². The van der Waals surface area contributed by atoms with Gasteiger partial charge in [0, 0.05) is 23.2 Å². The fraction of sp³-hybridized carbons (Fsp3) is 0.0714. The molecule has 0 saturated carbocycles. The SMILES string of the molecule is Nc1ccc2nc(Cc3cccc(Cl)c3)oc2c1. The summed E-state index contributed by atoms with van der Waals surface area (Å²) >= 11 is 5.94. The van der Waals surface area contributed by atoms with Gasteiger partial charge in [0.1, 0.15) is 5.52 Å². The molecule has 0 unspecified atom stereocenters. The Labute approximate surface area is 109 Å². The van der Waals surface area contributed by atoms with Crippen LogP contribution in [0.2, 0.25) is 5.02 Å². The molecule has 0 atom stereocenters. The number of anilines is 1. The molecule has 4 heteroatoms. The van der Waals surface area contributed by atoms with Gasteiger partial charge in [0.05, 0.1) is 0 Å². The summed E-state index contributed by atoms with van der Waals surface area (Å²) in [4.78, 5) is 4.41. The molecule has 3 rings (SSSR count). The van der Waals surface area contributed by atoms with E-state index in [2.05, 4.69) is 4.98 Å². The minimum Gasteiger partial charge on any atom is -0.440 e. The van der Waals surface area contributed by atoms with Gasteiger partial charge in [-0.05, 0) is 29.8 Å². The van der Waals surface area contributed by atoms with E-state index in [0.29, 0.717) is 28.6 Å². The molecular weight excluding hydrogens is 248 g/mol. The highest BCUT2D eigenvalue weighted by Crippen LogP contribution is 2.21. The van der Waals surface area contributed by atoms with Gasteiger partial charge in [0.15, 0.2) is 11.5 Å². The molecule has 0 fully saturated rings. The van der Waals surface area contributed by atoms with Gasteiger partial charge in [0.25, 0.3) is 0 Å². The second-order valence-electron chi connectivity index (χ2n) is 4.14. The van der Waals surface area contributed by atoms with Crippen LogP contribution in [-0.2, 0) is 6.42 Å². The van der Waals surface area contributed by atoms with E-state index in [0.717, 1.165) is 11.1 Å². The molecule has 0 saturated heterocycles. The Morgan fingerprint density at radius 1 is 1.17 bits per heavy atom. The third-order valence-corrected chi connectivity index (χ3v) is 2.94. The lowest BCUT2D eigenvalue weighted by atomic mass is 10.1. The normalized spacial score (nSPS) is 10.9. The van der Waals surface area contributed by atoms with Crippen molar-refractivity contribution in [1.29, 1.82) is 0 Å². The van der Waals surface area contributed by atoms with Crippen LogP contribution in [0.3, 0.4) is 0 Å². The lowest BCUT2D eigenvalue weighted by molar-refractivity contribution is 0.544. The molecule has 2 aromatic carbocycles. The molecule has 0 aliphatic carbocycles. The molecule has 2 N–H and O–H groups in total. The van der Waals surface area contributed by atoms with Crippen molar-refractivity contribution >= 4 is 28.4 Å². The molecule has 1 aromatic heterocycles. The highest BCUT2D eigenvalue weighted by molar-refractivity contribution is 6.30. The largest absolute Gasteiger partial charge is 0.440 e. The smallest absolute Gasteiger partial charge is 0.199 e. The lowest BCUT2D eigenvalue weighted by Gasteiger charge is -1.97. The molecule has 0 aliphatic heterocycles. The van der Waals surface area contributed by atoms with Crippen molar-refractivity contribution in [3.63, 3.8) is 0 Å². The zero-order valence-corrected chi connectivity index (χ0v) is 10.3. The molecule has 3 aromatic rings. The van der Waals surface area contributed by atoms with E-state index in [-0.39, 0.29) is 0 Å². The number of aromatic nitrogens is 1. The molecule has 18 heavy (non-hydrogen) atoms. The first-order valence-corrected chi connectivity index (χ1v) is 5.98. The Balaban J connectivity index is 1.95. The fourth-order valence-corrected chi connectivity index (χ4v) is 2.10. The maximum atomic E-state index is 5.94. The summed E-state index contributed by atoms with van der Waals surface area (Å²) in [7, 11) is 0. The minimum absolute atomic E-state index is 0.620. The van der Waals surface area contributed by atoms with E-state index >= 15 is 0 Å². The fourth-order valence-electron chi connectivity index (χ4n) is 1.89. The Hall–Kier alpha value is -2.00. The molecule has 90 valence electrons. The third-order valence-electron chi connectivity index (χ3n) is 2.70. The van der Waals surface area contributed by atoms with Crippen LogP contribution >= 0.6 is 11.6 Å². The van der Waals surface area contributed by atoms with Crippen molar-refractivity contribution in [2.24, 2.45) is 0 Å². The van der Waals surface area contributed by atoms with Crippen molar-refractivity contribution < 1.29 is 4.42 Å². The summed E-state index contributed by atoms with van der Waals surface area (Å²) in [5.41, 5.74) is 8.98. The Morgan fingerprint density at radius 3 is 2.89 bits per heavy atom. The van der Waals surface area contributed by atoms with Crippen molar-refractivity contribution in [1.82, 2.24) is 4.98 Å². The van der Waals surface area contributed by atoms with Gasteiger partial charge in [-0.1, -0.05) is 23.7 Å². The maximum Gasteiger partial charge on any atom is 0.199 e. The number of hydrogen-bond acceptors (Lipinski definition) is 3. The third kappa shape index (κ3) is 2.17. The average Bonchev–Trinajstić information content (AvgIpc) is 2.70. The molecule has 0 radical (unpaired) electrons. The highest BCUT2D eigenvalue weighted by Gasteiger charge is 2.07. The van der Waals surface area contributed by atoms with Crippen LogP contribution in [0.1, 0.15) is 11.5 Å². The Morgan fingerprint density at radius 2 is 2.06 bits per heavy atom. The summed E-state index contributed by atoms with van der Waals surface area (Å²) in [6, 6.07) is 13.1. The summed E-state index contributed by atoms with van der Waals surface area (Å²) in [6.07, 6.45) is 0.620. The first-order chi connectivity index (χ1) is 8.70.